The molecule has 0 radical (unpaired) electrons. The van der Waals surface area contributed by atoms with Gasteiger partial charge in [0.1, 0.15) is 6.04 Å². The number of sulfonamides is 1. The second-order valence-corrected chi connectivity index (χ2v) is 6.80. The van der Waals surface area contributed by atoms with Gasteiger partial charge in [-0.3, -0.25) is 9.59 Å². The molecule has 23 heavy (non-hydrogen) atoms. The largest absolute Gasteiger partial charge is 0.480 e. The van der Waals surface area contributed by atoms with Crippen LogP contribution in [-0.4, -0.2) is 43.9 Å². The molecule has 1 aromatic carbocycles. The lowest BCUT2D eigenvalue weighted by molar-refractivity contribution is -0.143. The number of carbonyl (C=O) groups is 2. The van der Waals surface area contributed by atoms with E-state index >= 15 is 0 Å². The molecular formula is C15H21NO6S. The van der Waals surface area contributed by atoms with Crippen molar-refractivity contribution in [3.63, 3.8) is 0 Å². The van der Waals surface area contributed by atoms with Crippen molar-refractivity contribution >= 4 is 22.0 Å². The predicted molar refractivity (Wildman–Crippen MR) is 84.4 cm³/mol. The van der Waals surface area contributed by atoms with E-state index in [0.717, 1.165) is 0 Å². The molecule has 2 N–H and O–H groups in total. The van der Waals surface area contributed by atoms with Gasteiger partial charge in [0.15, 0.2) is 0 Å². The molecule has 0 saturated heterocycles. The number of benzene rings is 1. The summed E-state index contributed by atoms with van der Waals surface area (Å²) in [6, 6.07) is 7.50. The van der Waals surface area contributed by atoms with E-state index in [2.05, 4.69) is 4.72 Å². The lowest BCUT2D eigenvalue weighted by atomic mass is 10.1. The Hall–Kier alpha value is -1.93. The topological polar surface area (TPSA) is 110 Å². The number of nitrogens with one attached hydrogen (secondary N) is 1. The van der Waals surface area contributed by atoms with Crippen LogP contribution in [0.25, 0.3) is 0 Å². The standard InChI is InChI=1S/C15H21NO6S/c1-2-22-14(17)9-6-10-23(20,21)16-13(15(18)19)11-12-7-4-3-5-8-12/h3-5,7-8,13,16H,2,6,9-11H2,1H3,(H,18,19)/t13-/m0/s1. The van der Waals surface area contributed by atoms with E-state index < -0.39 is 28.0 Å². The van der Waals surface area contributed by atoms with Gasteiger partial charge in [0.05, 0.1) is 12.4 Å². The molecule has 0 aliphatic carbocycles. The molecule has 7 nitrogen and oxygen atoms in total. The number of carboxylic acid groups (broad SMARTS) is 1. The first-order chi connectivity index (χ1) is 10.8. The fourth-order valence-electron chi connectivity index (χ4n) is 1.94. The molecule has 128 valence electrons. The molecule has 0 aliphatic heterocycles. The van der Waals surface area contributed by atoms with Gasteiger partial charge in [-0.05, 0) is 25.3 Å². The van der Waals surface area contributed by atoms with Crippen molar-refractivity contribution in [1.82, 2.24) is 4.72 Å². The van der Waals surface area contributed by atoms with Gasteiger partial charge in [-0.2, -0.15) is 0 Å². The summed E-state index contributed by atoms with van der Waals surface area (Å²) >= 11 is 0. The Kier molecular flexibility index (Phi) is 7.70. The van der Waals surface area contributed by atoms with Gasteiger partial charge in [0.2, 0.25) is 10.0 Å². The van der Waals surface area contributed by atoms with Crippen LogP contribution in [-0.2, 0) is 30.8 Å². The van der Waals surface area contributed by atoms with Crippen molar-refractivity contribution < 1.29 is 27.9 Å². The maximum atomic E-state index is 11.9. The fourth-order valence-corrected chi connectivity index (χ4v) is 3.20. The van der Waals surface area contributed by atoms with Crippen molar-refractivity contribution in [2.24, 2.45) is 0 Å². The molecule has 8 heteroatoms. The smallest absolute Gasteiger partial charge is 0.322 e. The maximum Gasteiger partial charge on any atom is 0.322 e. The number of aliphatic carboxylic acids is 1. The van der Waals surface area contributed by atoms with E-state index in [-0.39, 0.29) is 31.6 Å². The predicted octanol–water partition coefficient (Wildman–Crippen LogP) is 0.945. The second-order valence-electron chi connectivity index (χ2n) is 4.93. The van der Waals surface area contributed by atoms with Crippen molar-refractivity contribution in [1.29, 1.82) is 0 Å². The summed E-state index contributed by atoms with van der Waals surface area (Å²) in [6.45, 7) is 1.90. The molecule has 0 bridgehead atoms. The van der Waals surface area contributed by atoms with E-state index in [9.17, 15) is 23.1 Å². The first-order valence-corrected chi connectivity index (χ1v) is 8.91. The molecule has 0 amide bonds. The van der Waals surface area contributed by atoms with Crippen LogP contribution in [0.3, 0.4) is 0 Å². The van der Waals surface area contributed by atoms with Crippen molar-refractivity contribution in [3.8, 4) is 0 Å². The molecule has 0 saturated carbocycles. The molecule has 1 aromatic rings. The normalized spacial score (nSPS) is 12.6. The number of hydrogen-bond acceptors (Lipinski definition) is 5. The Morgan fingerprint density at radius 1 is 1.26 bits per heavy atom. The first kappa shape index (κ1) is 19.1. The summed E-state index contributed by atoms with van der Waals surface area (Å²) < 4.78 is 30.8. The highest BCUT2D eigenvalue weighted by molar-refractivity contribution is 7.89. The summed E-state index contributed by atoms with van der Waals surface area (Å²) in [5.74, 6) is -2.05. The molecule has 0 spiro atoms. The third-order valence-electron chi connectivity index (χ3n) is 3.00. The van der Waals surface area contributed by atoms with E-state index in [4.69, 9.17) is 4.74 Å². The van der Waals surface area contributed by atoms with Crippen LogP contribution in [0, 0.1) is 0 Å². The van der Waals surface area contributed by atoms with Crippen LogP contribution >= 0.6 is 0 Å². The number of esters is 1. The average molecular weight is 343 g/mol. The highest BCUT2D eigenvalue weighted by Crippen LogP contribution is 2.06. The number of hydrogen-bond donors (Lipinski definition) is 2. The number of ether oxygens (including phenoxy) is 1. The fraction of sp³-hybridized carbons (Fsp3) is 0.467. The Morgan fingerprint density at radius 3 is 2.48 bits per heavy atom. The van der Waals surface area contributed by atoms with E-state index in [1.807, 2.05) is 0 Å². The number of rotatable bonds is 10. The summed E-state index contributed by atoms with van der Waals surface area (Å²) in [5.41, 5.74) is 0.717. The summed E-state index contributed by atoms with van der Waals surface area (Å²) in [4.78, 5) is 22.4. The maximum absolute atomic E-state index is 11.9. The van der Waals surface area contributed by atoms with Crippen LogP contribution in [0.2, 0.25) is 0 Å². The van der Waals surface area contributed by atoms with Crippen molar-refractivity contribution in [2.45, 2.75) is 32.2 Å². The van der Waals surface area contributed by atoms with Crippen LogP contribution in [0.4, 0.5) is 0 Å². The minimum atomic E-state index is -3.80. The van der Waals surface area contributed by atoms with Gasteiger partial charge in [-0.25, -0.2) is 13.1 Å². The second kappa shape index (κ2) is 9.26. The Morgan fingerprint density at radius 2 is 1.91 bits per heavy atom. The van der Waals surface area contributed by atoms with E-state index in [0.29, 0.717) is 5.56 Å². The van der Waals surface area contributed by atoms with Crippen LogP contribution in [0.15, 0.2) is 30.3 Å². The van der Waals surface area contributed by atoms with E-state index in [1.54, 1.807) is 37.3 Å². The minimum Gasteiger partial charge on any atom is -0.480 e. The summed E-state index contributed by atoms with van der Waals surface area (Å²) in [7, 11) is -3.80. The van der Waals surface area contributed by atoms with Crippen LogP contribution in [0.1, 0.15) is 25.3 Å². The molecule has 1 rings (SSSR count). The van der Waals surface area contributed by atoms with Crippen LogP contribution in [0.5, 0.6) is 0 Å². The van der Waals surface area contributed by atoms with Crippen molar-refractivity contribution in [2.75, 3.05) is 12.4 Å². The quantitative estimate of drug-likeness (QED) is 0.612. The Bertz CT molecular complexity index is 614. The summed E-state index contributed by atoms with van der Waals surface area (Å²) in [6.07, 6.45) is 0.101. The Labute approximate surface area is 135 Å². The minimum absolute atomic E-state index is 0.0226. The van der Waals surface area contributed by atoms with E-state index in [1.165, 1.54) is 0 Å². The van der Waals surface area contributed by atoms with Gasteiger partial charge in [-0.15, -0.1) is 0 Å². The van der Waals surface area contributed by atoms with Crippen LogP contribution < -0.4 is 4.72 Å². The van der Waals surface area contributed by atoms with Gasteiger partial charge in [-0.1, -0.05) is 30.3 Å². The number of carboxylic acids is 1. The molecule has 0 unspecified atom stereocenters. The highest BCUT2D eigenvalue weighted by Gasteiger charge is 2.24. The SMILES string of the molecule is CCOC(=O)CCCS(=O)(=O)N[C@@H](Cc1ccccc1)C(=O)O. The zero-order valence-electron chi connectivity index (χ0n) is 12.9. The molecule has 0 fully saturated rings. The third-order valence-corrected chi connectivity index (χ3v) is 4.47. The Balaban J connectivity index is 2.57. The van der Waals surface area contributed by atoms with Crippen molar-refractivity contribution in [3.05, 3.63) is 35.9 Å². The number of carbonyl (C=O) groups excluding carboxylic acids is 1. The average Bonchev–Trinajstić information content (AvgIpc) is 2.47. The molecule has 0 aromatic heterocycles. The molecule has 1 atom stereocenters. The van der Waals surface area contributed by atoms with Gasteiger partial charge in [0, 0.05) is 6.42 Å². The zero-order chi connectivity index (χ0) is 17.3. The first-order valence-electron chi connectivity index (χ1n) is 7.26. The van der Waals surface area contributed by atoms with Gasteiger partial charge in [0.25, 0.3) is 0 Å². The van der Waals surface area contributed by atoms with Gasteiger partial charge >= 0.3 is 11.9 Å². The highest BCUT2D eigenvalue weighted by atomic mass is 32.2. The van der Waals surface area contributed by atoms with Gasteiger partial charge < -0.3 is 9.84 Å². The lowest BCUT2D eigenvalue weighted by Crippen LogP contribution is -2.43. The third kappa shape index (κ3) is 7.75. The lowest BCUT2D eigenvalue weighted by Gasteiger charge is -2.14. The zero-order valence-corrected chi connectivity index (χ0v) is 13.7. The monoisotopic (exact) mass is 343 g/mol. The molecule has 0 aliphatic rings. The molecule has 0 heterocycles. The molecular weight excluding hydrogens is 322 g/mol. The summed E-state index contributed by atoms with van der Waals surface area (Å²) in [5, 5.41) is 9.18.